The first kappa shape index (κ1) is 20.1. The largest absolute Gasteiger partial charge is 0.454 e. The first-order valence-corrected chi connectivity index (χ1v) is 10.3. The molecule has 4 rings (SSSR count). The third-order valence-electron chi connectivity index (χ3n) is 4.64. The zero-order valence-electron chi connectivity index (χ0n) is 16.2. The highest BCUT2D eigenvalue weighted by Gasteiger charge is 2.30. The molecule has 30 heavy (non-hydrogen) atoms. The molecule has 0 radical (unpaired) electrons. The van der Waals surface area contributed by atoms with Crippen molar-refractivity contribution in [2.75, 3.05) is 12.1 Å². The molecule has 2 aliphatic rings. The van der Waals surface area contributed by atoms with Crippen molar-refractivity contribution in [1.29, 1.82) is 0 Å². The second kappa shape index (κ2) is 8.66. The van der Waals surface area contributed by atoms with Gasteiger partial charge >= 0.3 is 5.97 Å². The monoisotopic (exact) mass is 428 g/mol. The number of para-hydroxylation sites is 1. The van der Waals surface area contributed by atoms with E-state index < -0.39 is 23.2 Å². The maximum absolute atomic E-state index is 12.3. The minimum atomic E-state index is -0.976. The molecular weight excluding hydrogens is 408 g/mol. The van der Waals surface area contributed by atoms with E-state index >= 15 is 0 Å². The average Bonchev–Trinajstić information content (AvgIpc) is 3.20. The molecule has 2 aliphatic heterocycles. The van der Waals surface area contributed by atoms with Crippen LogP contribution in [-0.2, 0) is 25.7 Å². The SMILES string of the molecule is C[C@H](OC(=O)C[C@H]1Sc2ccccc2NC1=O)C(=O)NCc1ccc2c(c1)OCO2. The fourth-order valence-electron chi connectivity index (χ4n) is 3.06. The summed E-state index contributed by atoms with van der Waals surface area (Å²) >= 11 is 1.31. The zero-order valence-corrected chi connectivity index (χ0v) is 17.0. The maximum atomic E-state index is 12.3. The Balaban J connectivity index is 1.26. The van der Waals surface area contributed by atoms with Gasteiger partial charge in [0.25, 0.3) is 5.91 Å². The summed E-state index contributed by atoms with van der Waals surface area (Å²) in [6, 6.07) is 12.8. The molecule has 0 fully saturated rings. The van der Waals surface area contributed by atoms with Gasteiger partial charge in [0.2, 0.25) is 12.7 Å². The summed E-state index contributed by atoms with van der Waals surface area (Å²) in [6.07, 6.45) is -1.10. The number of nitrogens with one attached hydrogen (secondary N) is 2. The Morgan fingerprint density at radius 1 is 1.23 bits per heavy atom. The summed E-state index contributed by atoms with van der Waals surface area (Å²) in [6.45, 7) is 1.94. The predicted molar refractivity (Wildman–Crippen MR) is 109 cm³/mol. The molecule has 0 unspecified atom stereocenters. The predicted octanol–water partition coefficient (Wildman–Crippen LogP) is 2.47. The number of ether oxygens (including phenoxy) is 3. The average molecular weight is 428 g/mol. The highest BCUT2D eigenvalue weighted by molar-refractivity contribution is 8.01. The highest BCUT2D eigenvalue weighted by Crippen LogP contribution is 2.36. The van der Waals surface area contributed by atoms with Gasteiger partial charge in [-0.2, -0.15) is 0 Å². The Hall–Kier alpha value is -3.20. The van der Waals surface area contributed by atoms with Crippen LogP contribution >= 0.6 is 11.8 Å². The van der Waals surface area contributed by atoms with Gasteiger partial charge in [-0.05, 0) is 36.8 Å². The summed E-state index contributed by atoms with van der Waals surface area (Å²) in [5.74, 6) is 0.0149. The Kier molecular flexibility index (Phi) is 5.80. The molecule has 9 heteroatoms. The molecule has 0 saturated carbocycles. The first-order valence-electron chi connectivity index (χ1n) is 9.42. The van der Waals surface area contributed by atoms with E-state index in [1.54, 1.807) is 18.2 Å². The fourth-order valence-corrected chi connectivity index (χ4v) is 4.16. The van der Waals surface area contributed by atoms with E-state index in [4.69, 9.17) is 14.2 Å². The van der Waals surface area contributed by atoms with Crippen LogP contribution in [0.3, 0.4) is 0 Å². The van der Waals surface area contributed by atoms with Crippen molar-refractivity contribution in [2.45, 2.75) is 36.1 Å². The van der Waals surface area contributed by atoms with E-state index in [1.807, 2.05) is 24.3 Å². The molecule has 2 heterocycles. The number of hydrogen-bond donors (Lipinski definition) is 2. The lowest BCUT2D eigenvalue weighted by Gasteiger charge is -2.23. The number of carbonyl (C=O) groups excluding carboxylic acids is 3. The van der Waals surface area contributed by atoms with Gasteiger partial charge in [-0.25, -0.2) is 0 Å². The Morgan fingerprint density at radius 3 is 2.90 bits per heavy atom. The molecule has 0 bridgehead atoms. The van der Waals surface area contributed by atoms with E-state index in [-0.39, 0.29) is 25.7 Å². The Labute approximate surface area is 177 Å². The standard InChI is InChI=1S/C21H20N2O6S/c1-12(20(25)22-10-13-6-7-15-16(8-13)28-11-27-15)29-19(24)9-18-21(26)23-14-4-2-3-5-17(14)30-18/h2-8,12,18H,9-11H2,1H3,(H,22,25)(H,23,26)/t12-,18+/m0/s1. The van der Waals surface area contributed by atoms with E-state index in [0.29, 0.717) is 11.5 Å². The minimum absolute atomic E-state index is 0.120. The maximum Gasteiger partial charge on any atom is 0.308 e. The summed E-state index contributed by atoms with van der Waals surface area (Å²) in [5, 5.41) is 4.90. The third kappa shape index (κ3) is 4.51. The normalized spacial score (nSPS) is 17.5. The minimum Gasteiger partial charge on any atom is -0.454 e. The van der Waals surface area contributed by atoms with Crippen molar-refractivity contribution in [3.05, 3.63) is 48.0 Å². The smallest absolute Gasteiger partial charge is 0.308 e. The van der Waals surface area contributed by atoms with Crippen molar-refractivity contribution >= 4 is 35.2 Å². The van der Waals surface area contributed by atoms with Gasteiger partial charge in [0.05, 0.1) is 17.4 Å². The fraction of sp³-hybridized carbons (Fsp3) is 0.286. The van der Waals surface area contributed by atoms with Gasteiger partial charge in [0.15, 0.2) is 17.6 Å². The number of carbonyl (C=O) groups is 3. The van der Waals surface area contributed by atoms with Gasteiger partial charge in [-0.1, -0.05) is 18.2 Å². The van der Waals surface area contributed by atoms with E-state index in [1.165, 1.54) is 18.7 Å². The number of fused-ring (bicyclic) bond motifs is 2. The summed E-state index contributed by atoms with van der Waals surface area (Å²) < 4.78 is 15.8. The number of thioether (sulfide) groups is 1. The number of benzene rings is 2. The van der Waals surface area contributed by atoms with Crippen LogP contribution in [0.25, 0.3) is 0 Å². The topological polar surface area (TPSA) is 103 Å². The van der Waals surface area contributed by atoms with Crippen LogP contribution in [0, 0.1) is 0 Å². The van der Waals surface area contributed by atoms with Gasteiger partial charge in [-0.3, -0.25) is 14.4 Å². The number of esters is 1. The molecule has 0 aliphatic carbocycles. The lowest BCUT2D eigenvalue weighted by Crippen LogP contribution is -2.37. The number of hydrogen-bond acceptors (Lipinski definition) is 7. The van der Waals surface area contributed by atoms with Crippen LogP contribution < -0.4 is 20.1 Å². The molecule has 8 nitrogen and oxygen atoms in total. The molecule has 0 aromatic heterocycles. The number of amides is 2. The summed E-state index contributed by atoms with van der Waals surface area (Å²) in [7, 11) is 0. The van der Waals surface area contributed by atoms with E-state index in [2.05, 4.69) is 10.6 Å². The van der Waals surface area contributed by atoms with Gasteiger partial charge in [-0.15, -0.1) is 11.8 Å². The van der Waals surface area contributed by atoms with E-state index in [9.17, 15) is 14.4 Å². The van der Waals surface area contributed by atoms with Crippen molar-refractivity contribution in [2.24, 2.45) is 0 Å². The van der Waals surface area contributed by atoms with Gasteiger partial charge in [0, 0.05) is 11.4 Å². The van der Waals surface area contributed by atoms with Crippen LogP contribution in [0.2, 0.25) is 0 Å². The Bertz CT molecular complexity index is 995. The molecule has 2 N–H and O–H groups in total. The van der Waals surface area contributed by atoms with Crippen molar-refractivity contribution < 1.29 is 28.6 Å². The second-order valence-corrected chi connectivity index (χ2v) is 8.08. The van der Waals surface area contributed by atoms with E-state index in [0.717, 1.165) is 16.1 Å². The third-order valence-corrected chi connectivity index (χ3v) is 5.92. The first-order chi connectivity index (χ1) is 14.5. The molecule has 2 aromatic carbocycles. The van der Waals surface area contributed by atoms with Crippen molar-refractivity contribution in [1.82, 2.24) is 5.32 Å². The molecule has 2 amide bonds. The van der Waals surface area contributed by atoms with Crippen LogP contribution in [0.15, 0.2) is 47.4 Å². The molecule has 0 saturated heterocycles. The lowest BCUT2D eigenvalue weighted by atomic mass is 10.2. The second-order valence-electron chi connectivity index (χ2n) is 6.83. The molecular formula is C21H20N2O6S. The quantitative estimate of drug-likeness (QED) is 0.682. The van der Waals surface area contributed by atoms with Crippen LogP contribution in [-0.4, -0.2) is 35.9 Å². The van der Waals surface area contributed by atoms with Crippen LogP contribution in [0.5, 0.6) is 11.5 Å². The van der Waals surface area contributed by atoms with Gasteiger partial charge in [0.1, 0.15) is 0 Å². The summed E-state index contributed by atoms with van der Waals surface area (Å²) in [5.41, 5.74) is 1.56. The van der Waals surface area contributed by atoms with Crippen molar-refractivity contribution in [3.63, 3.8) is 0 Å². The number of rotatable bonds is 6. The number of anilines is 1. The molecule has 0 spiro atoms. The molecule has 2 aromatic rings. The zero-order chi connectivity index (χ0) is 21.1. The van der Waals surface area contributed by atoms with Gasteiger partial charge < -0.3 is 24.8 Å². The van der Waals surface area contributed by atoms with Crippen LogP contribution in [0.4, 0.5) is 5.69 Å². The summed E-state index contributed by atoms with van der Waals surface area (Å²) in [4.78, 5) is 37.6. The lowest BCUT2D eigenvalue weighted by molar-refractivity contribution is -0.155. The molecule has 156 valence electrons. The highest BCUT2D eigenvalue weighted by atomic mass is 32.2. The molecule has 2 atom stereocenters. The van der Waals surface area contributed by atoms with Crippen LogP contribution in [0.1, 0.15) is 18.9 Å². The van der Waals surface area contributed by atoms with Crippen molar-refractivity contribution in [3.8, 4) is 11.5 Å². The Morgan fingerprint density at radius 2 is 2.03 bits per heavy atom.